The summed E-state index contributed by atoms with van der Waals surface area (Å²) in [4.78, 5) is 0.949. The summed E-state index contributed by atoms with van der Waals surface area (Å²) in [7, 11) is 0. The summed E-state index contributed by atoms with van der Waals surface area (Å²) < 4.78 is 5.33. The van der Waals surface area contributed by atoms with Gasteiger partial charge >= 0.3 is 0 Å². The number of nitrogens with zero attached hydrogens (tertiary/aromatic N) is 1. The molecule has 0 spiro atoms. The smallest absolute Gasteiger partial charge is 0.172 e. The van der Waals surface area contributed by atoms with Crippen LogP contribution in [0.25, 0.3) is 0 Å². The Kier molecular flexibility index (Phi) is 4.74. The van der Waals surface area contributed by atoms with Gasteiger partial charge in [0.15, 0.2) is 5.84 Å². The van der Waals surface area contributed by atoms with Gasteiger partial charge in [0, 0.05) is 23.4 Å². The van der Waals surface area contributed by atoms with Gasteiger partial charge in [-0.15, -0.1) is 11.8 Å². The van der Waals surface area contributed by atoms with E-state index in [0.29, 0.717) is 15.8 Å². The molecule has 1 saturated heterocycles. The molecule has 1 aliphatic rings. The van der Waals surface area contributed by atoms with Gasteiger partial charge in [-0.2, -0.15) is 0 Å². The van der Waals surface area contributed by atoms with E-state index in [1.807, 2.05) is 12.1 Å². The molecular weight excluding hydrogens is 272 g/mol. The van der Waals surface area contributed by atoms with Gasteiger partial charge < -0.3 is 15.7 Å². The van der Waals surface area contributed by atoms with E-state index in [9.17, 15) is 0 Å². The van der Waals surface area contributed by atoms with Gasteiger partial charge in [-0.25, -0.2) is 0 Å². The number of thioether (sulfide) groups is 1. The van der Waals surface area contributed by atoms with Gasteiger partial charge in [-0.05, 0) is 25.0 Å². The molecule has 0 unspecified atom stereocenters. The minimum atomic E-state index is 0.0511. The lowest BCUT2D eigenvalue weighted by Gasteiger charge is -2.22. The fourth-order valence-electron chi connectivity index (χ4n) is 1.87. The Morgan fingerprint density at radius 2 is 2.17 bits per heavy atom. The summed E-state index contributed by atoms with van der Waals surface area (Å²) in [5, 5.41) is 12.9. The number of amidine groups is 1. The lowest BCUT2D eigenvalue weighted by atomic mass is 10.2. The van der Waals surface area contributed by atoms with Gasteiger partial charge in [-0.3, -0.25) is 0 Å². The Bertz CT molecular complexity index is 448. The highest BCUT2D eigenvalue weighted by atomic mass is 35.5. The first-order valence-corrected chi connectivity index (χ1v) is 6.99. The molecule has 1 aliphatic heterocycles. The van der Waals surface area contributed by atoms with E-state index < -0.39 is 0 Å². The first kappa shape index (κ1) is 13.5. The van der Waals surface area contributed by atoms with E-state index in [-0.39, 0.29) is 5.84 Å². The molecule has 0 amide bonds. The van der Waals surface area contributed by atoms with Crippen LogP contribution in [0.3, 0.4) is 0 Å². The molecule has 0 bridgehead atoms. The van der Waals surface area contributed by atoms with Gasteiger partial charge in [0.2, 0.25) is 0 Å². The summed E-state index contributed by atoms with van der Waals surface area (Å²) in [6.45, 7) is 1.58. The van der Waals surface area contributed by atoms with Crippen molar-refractivity contribution in [1.82, 2.24) is 0 Å². The van der Waals surface area contributed by atoms with Crippen molar-refractivity contribution in [1.29, 1.82) is 0 Å². The third-order valence-corrected chi connectivity index (χ3v) is 4.52. The van der Waals surface area contributed by atoms with Gasteiger partial charge in [-0.1, -0.05) is 22.8 Å². The zero-order chi connectivity index (χ0) is 13.0. The van der Waals surface area contributed by atoms with E-state index in [1.165, 1.54) is 0 Å². The molecule has 6 heteroatoms. The summed E-state index contributed by atoms with van der Waals surface area (Å²) in [5.74, 6) is 0.0511. The largest absolute Gasteiger partial charge is 0.409 e. The van der Waals surface area contributed by atoms with Crippen molar-refractivity contribution in [3.05, 3.63) is 28.8 Å². The van der Waals surface area contributed by atoms with Crippen molar-refractivity contribution in [2.45, 2.75) is 23.0 Å². The highest BCUT2D eigenvalue weighted by Gasteiger charge is 2.19. The molecular formula is C12H15ClN2O2S. The van der Waals surface area contributed by atoms with Crippen LogP contribution in [0.15, 0.2) is 28.3 Å². The predicted molar refractivity (Wildman–Crippen MR) is 73.7 cm³/mol. The molecule has 98 valence electrons. The Morgan fingerprint density at radius 1 is 1.44 bits per heavy atom. The van der Waals surface area contributed by atoms with Crippen molar-refractivity contribution in [2.75, 3.05) is 13.2 Å². The van der Waals surface area contributed by atoms with Crippen LogP contribution in [0.5, 0.6) is 0 Å². The van der Waals surface area contributed by atoms with Crippen molar-refractivity contribution in [2.24, 2.45) is 10.9 Å². The van der Waals surface area contributed by atoms with Gasteiger partial charge in [0.1, 0.15) is 0 Å². The third-order valence-electron chi connectivity index (χ3n) is 2.80. The molecule has 0 aliphatic carbocycles. The Hall–Kier alpha value is -0.910. The molecule has 1 aromatic carbocycles. The van der Waals surface area contributed by atoms with Gasteiger partial charge in [0.25, 0.3) is 0 Å². The maximum Gasteiger partial charge on any atom is 0.172 e. The number of ether oxygens (including phenoxy) is 1. The van der Waals surface area contributed by atoms with Crippen LogP contribution in [0.4, 0.5) is 0 Å². The Labute approximate surface area is 115 Å². The molecule has 1 fully saturated rings. The number of rotatable bonds is 3. The minimum Gasteiger partial charge on any atom is -0.409 e. The zero-order valence-electron chi connectivity index (χ0n) is 9.80. The number of nitrogens with two attached hydrogens (primary N) is 1. The highest BCUT2D eigenvalue weighted by Crippen LogP contribution is 2.34. The maximum atomic E-state index is 8.82. The molecule has 0 radical (unpaired) electrons. The monoisotopic (exact) mass is 286 g/mol. The van der Waals surface area contributed by atoms with Crippen LogP contribution in [-0.2, 0) is 4.74 Å². The molecule has 2 rings (SSSR count). The van der Waals surface area contributed by atoms with E-state index in [2.05, 4.69) is 5.16 Å². The summed E-state index contributed by atoms with van der Waals surface area (Å²) >= 11 is 7.82. The number of benzene rings is 1. The SMILES string of the molecule is NC(=NO)c1c(Cl)cccc1SC1CCOCC1. The van der Waals surface area contributed by atoms with E-state index in [4.69, 9.17) is 27.3 Å². The van der Waals surface area contributed by atoms with Crippen LogP contribution in [0.1, 0.15) is 18.4 Å². The average molecular weight is 287 g/mol. The highest BCUT2D eigenvalue weighted by molar-refractivity contribution is 8.00. The Balaban J connectivity index is 2.23. The number of hydrogen-bond donors (Lipinski definition) is 2. The van der Waals surface area contributed by atoms with Crippen LogP contribution in [0, 0.1) is 0 Å². The maximum absolute atomic E-state index is 8.82. The van der Waals surface area contributed by atoms with Crippen LogP contribution in [-0.4, -0.2) is 29.5 Å². The topological polar surface area (TPSA) is 67.8 Å². The molecule has 0 saturated carbocycles. The zero-order valence-corrected chi connectivity index (χ0v) is 11.4. The van der Waals surface area contributed by atoms with Crippen molar-refractivity contribution in [3.8, 4) is 0 Å². The Morgan fingerprint density at radius 3 is 2.83 bits per heavy atom. The second-order valence-corrected chi connectivity index (χ2v) is 5.78. The number of hydrogen-bond acceptors (Lipinski definition) is 4. The number of halogens is 1. The quantitative estimate of drug-likeness (QED) is 0.388. The van der Waals surface area contributed by atoms with Crippen molar-refractivity contribution >= 4 is 29.2 Å². The summed E-state index contributed by atoms with van der Waals surface area (Å²) in [6, 6.07) is 5.56. The van der Waals surface area contributed by atoms with E-state index in [1.54, 1.807) is 17.8 Å². The fraction of sp³-hybridized carbons (Fsp3) is 0.417. The summed E-state index contributed by atoms with van der Waals surface area (Å²) in [5.41, 5.74) is 6.29. The second kappa shape index (κ2) is 6.31. The second-order valence-electron chi connectivity index (χ2n) is 4.03. The molecule has 0 aromatic heterocycles. The molecule has 0 atom stereocenters. The standard InChI is InChI=1S/C12H15ClN2O2S/c13-9-2-1-3-10(11(9)12(14)15-16)18-8-4-6-17-7-5-8/h1-3,8,16H,4-7H2,(H2,14,15). The van der Waals surface area contributed by atoms with Crippen LogP contribution < -0.4 is 5.73 Å². The molecule has 3 N–H and O–H groups in total. The van der Waals surface area contributed by atoms with Crippen LogP contribution >= 0.6 is 23.4 Å². The fourth-order valence-corrected chi connectivity index (χ4v) is 3.48. The molecule has 18 heavy (non-hydrogen) atoms. The first-order valence-electron chi connectivity index (χ1n) is 5.73. The lowest BCUT2D eigenvalue weighted by molar-refractivity contribution is 0.100. The van der Waals surface area contributed by atoms with Crippen molar-refractivity contribution in [3.63, 3.8) is 0 Å². The van der Waals surface area contributed by atoms with E-state index in [0.717, 1.165) is 31.0 Å². The number of oxime groups is 1. The van der Waals surface area contributed by atoms with Crippen LogP contribution in [0.2, 0.25) is 5.02 Å². The van der Waals surface area contributed by atoms with E-state index >= 15 is 0 Å². The minimum absolute atomic E-state index is 0.0511. The third kappa shape index (κ3) is 3.10. The first-order chi connectivity index (χ1) is 8.72. The normalized spacial score (nSPS) is 17.9. The summed E-state index contributed by atoms with van der Waals surface area (Å²) in [6.07, 6.45) is 2.01. The molecule has 4 nitrogen and oxygen atoms in total. The average Bonchev–Trinajstić information content (AvgIpc) is 2.39. The molecule has 1 heterocycles. The van der Waals surface area contributed by atoms with Crippen molar-refractivity contribution < 1.29 is 9.94 Å². The predicted octanol–water partition coefficient (Wildman–Crippen LogP) is 2.71. The molecule has 1 aromatic rings. The lowest BCUT2D eigenvalue weighted by Crippen LogP contribution is -2.19. The van der Waals surface area contributed by atoms with Gasteiger partial charge in [0.05, 0.1) is 10.6 Å².